The van der Waals surface area contributed by atoms with E-state index in [-0.39, 0.29) is 65.2 Å². The molecule has 0 radical (unpaired) electrons. The molecule has 42 heteroatoms. The van der Waals surface area contributed by atoms with Gasteiger partial charge in [0.1, 0.15) is 143 Å². The lowest BCUT2D eigenvalue weighted by Crippen LogP contribution is -2.65. The number of hydrogen-bond donors (Lipinski definition) is 10. The van der Waals surface area contributed by atoms with E-state index in [2.05, 4.69) is 57.1 Å². The highest BCUT2D eigenvalue weighted by molar-refractivity contribution is 8.00. The Kier molecular flexibility index (Phi) is 43.4. The normalized spacial score (nSPS) is 40.3. The van der Waals surface area contributed by atoms with E-state index in [9.17, 15) is 69.6 Å². The van der Waals surface area contributed by atoms with Gasteiger partial charge in [-0.05, 0) is 168 Å². The number of thioether (sulfide) groups is 6. The van der Waals surface area contributed by atoms with Crippen molar-refractivity contribution in [3.63, 3.8) is 0 Å². The summed E-state index contributed by atoms with van der Waals surface area (Å²) in [6, 6.07) is -1.57. The minimum atomic E-state index is -1.39. The minimum Gasteiger partial charge on any atom is -0.455 e. The molecule has 129 heavy (non-hydrogen) atoms. The van der Waals surface area contributed by atoms with Gasteiger partial charge in [0.15, 0.2) is 41.8 Å². The lowest BCUT2D eigenvalue weighted by molar-refractivity contribution is -0.226. The maximum absolute atomic E-state index is 13.2. The van der Waals surface area contributed by atoms with Crippen LogP contribution < -0.4 is 10.6 Å². The summed E-state index contributed by atoms with van der Waals surface area (Å²) < 4.78 is 95.1. The number of carbonyl (C=O) groups excluding carboxylic acids is 6. The largest absolute Gasteiger partial charge is 0.455 e. The van der Waals surface area contributed by atoms with Gasteiger partial charge < -0.3 is 127 Å². The van der Waals surface area contributed by atoms with Crippen LogP contribution in [-0.2, 0) is 105 Å². The number of aliphatic hydroxyl groups is 8. The Morgan fingerprint density at radius 1 is 0.364 bits per heavy atom. The van der Waals surface area contributed by atoms with Crippen molar-refractivity contribution in [1.82, 2.24) is 20.4 Å². The standard InChI is InChI=1S/C27H44O10S2.C21H37ClN2O5S.C21H36O10S2.C18H33ClN2O5S/c1-12(2)16-18-20(36-26(5,6)34-18)22(24(32-16)38-9)30-14(28)11-15(29)31-23-21-19(35-27(7,8)37-21)17(13(3)4)33-25(23)39-10;1-7-8-12-9-13(24(5)10-12)19(26)23-14(11(2)22)16-18-17(28-21(3,4)29-18)15(25)20(27-16)30-6;1-8(2)16-12(24)14(26)18(20(30-16)32-5)28-10(22)7-11(23)29-19-15(27)13(25)17(9(3)4)31-21(19)33-6;1-5-6-10-7-11(21(3)8-10)17(25)20-12(9(2)19)16-14(23)13(22)15(24)18(26-16)27-4/h12-13,16-25H,11H2,1-10H3;11-18,20,25H,7-10H2,1-6H3,(H,23,26);8-9,12-21,24-27H,7H2,1-6H3;9-16,18,22-24H,5-8H2,1-4H3,(H,20,25)/t;11?,12-,13+,14?,15?,16?,17?,18?,20?;;9?,10-,11+,12?,13?,14?,15?,16?,18?/m.1.1/s1. The second kappa shape index (κ2) is 49.6. The first kappa shape index (κ1) is 113. The van der Waals surface area contributed by atoms with Gasteiger partial charge in [-0.15, -0.1) is 93.8 Å². The Morgan fingerprint density at radius 3 is 0.961 bits per heavy atom. The number of hydrogen-bond acceptors (Lipinski definition) is 38. The van der Waals surface area contributed by atoms with Crippen LogP contribution >= 0.6 is 93.8 Å². The van der Waals surface area contributed by atoms with E-state index < -0.39 is 238 Å². The monoisotopic (exact) mass is 1990 g/mol. The topological polar surface area (TPSA) is 442 Å². The van der Waals surface area contributed by atoms with E-state index in [1.54, 1.807) is 25.7 Å². The first-order valence-electron chi connectivity index (χ1n) is 45.0. The summed E-state index contributed by atoms with van der Waals surface area (Å²) >= 11 is 20.8. The molecule has 11 fully saturated rings. The number of esters is 4. The van der Waals surface area contributed by atoms with Gasteiger partial charge in [-0.2, -0.15) is 0 Å². The van der Waals surface area contributed by atoms with Crippen LogP contribution in [0.2, 0.25) is 0 Å². The second-order valence-electron chi connectivity index (χ2n) is 38.1. The number of ether oxygens (including phenoxy) is 16. The number of aliphatic hydroxyl groups excluding tert-OH is 8. The third kappa shape index (κ3) is 28.5. The van der Waals surface area contributed by atoms with Gasteiger partial charge in [0.05, 0.1) is 59.3 Å². The van der Waals surface area contributed by atoms with Crippen LogP contribution in [0, 0.1) is 35.5 Å². The van der Waals surface area contributed by atoms with Gasteiger partial charge in [0.2, 0.25) is 11.8 Å². The average molecular weight is 2000 g/mol. The number of amides is 2. The molecular formula is C87H150Cl2N4O30S6. The van der Waals surface area contributed by atoms with Crippen molar-refractivity contribution in [3.8, 4) is 0 Å². The molecule has 0 aromatic rings. The number of carbonyl (C=O) groups is 6. The number of halogens is 2. The van der Waals surface area contributed by atoms with E-state index in [0.717, 1.165) is 51.6 Å². The molecule has 11 aliphatic heterocycles. The van der Waals surface area contributed by atoms with Crippen LogP contribution in [0.25, 0.3) is 0 Å². The number of rotatable bonds is 30. The Hall–Kier alpha value is -1.38. The fourth-order valence-electron chi connectivity index (χ4n) is 18.9. The molecule has 11 heterocycles. The fourth-order valence-corrected chi connectivity index (χ4v) is 23.5. The number of likely N-dealkylation sites (tertiary alicyclic amines) is 2. The quantitative estimate of drug-likeness (QED) is 0.0160. The molecule has 0 aliphatic carbocycles. The smallest absolute Gasteiger partial charge is 0.317 e. The van der Waals surface area contributed by atoms with Gasteiger partial charge in [-0.25, -0.2) is 0 Å². The van der Waals surface area contributed by atoms with Gasteiger partial charge in [-0.3, -0.25) is 38.6 Å². The van der Waals surface area contributed by atoms with E-state index in [1.165, 1.54) is 70.6 Å². The molecule has 748 valence electrons. The first-order chi connectivity index (χ1) is 60.4. The van der Waals surface area contributed by atoms with Crippen molar-refractivity contribution < 1.29 is 145 Å². The van der Waals surface area contributed by atoms with E-state index in [1.807, 2.05) is 114 Å². The highest BCUT2D eigenvalue weighted by Crippen LogP contribution is 2.48. The molecule has 0 saturated carbocycles. The first-order valence-corrected chi connectivity index (χ1v) is 53.7. The third-order valence-electron chi connectivity index (χ3n) is 25.2. The van der Waals surface area contributed by atoms with Crippen molar-refractivity contribution in [3.05, 3.63) is 0 Å². The number of alkyl halides is 2. The molecular weight excluding hydrogens is 1840 g/mol. The predicted octanol–water partition coefficient (Wildman–Crippen LogP) is 6.44. The predicted molar refractivity (Wildman–Crippen MR) is 494 cm³/mol. The lowest BCUT2D eigenvalue weighted by atomic mass is 9.92. The molecule has 2 amide bonds. The van der Waals surface area contributed by atoms with Gasteiger partial charge in [-0.1, -0.05) is 82.1 Å². The highest BCUT2D eigenvalue weighted by Gasteiger charge is 2.62. The van der Waals surface area contributed by atoms with E-state index in [4.69, 9.17) is 99.0 Å². The number of fused-ring (bicyclic) bond motifs is 3. The van der Waals surface area contributed by atoms with Crippen LogP contribution in [0.1, 0.15) is 176 Å². The zero-order valence-electron chi connectivity index (χ0n) is 79.5. The van der Waals surface area contributed by atoms with Gasteiger partial charge >= 0.3 is 23.9 Å². The van der Waals surface area contributed by atoms with Gasteiger partial charge in [0, 0.05) is 13.1 Å². The van der Waals surface area contributed by atoms with Crippen LogP contribution in [0.4, 0.5) is 0 Å². The molecule has 10 N–H and O–H groups in total. The summed E-state index contributed by atoms with van der Waals surface area (Å²) in [6.07, 6.45) is -4.34. The molecule has 11 rings (SSSR count). The lowest BCUT2D eigenvalue weighted by Gasteiger charge is -2.44. The van der Waals surface area contributed by atoms with Crippen molar-refractivity contribution in [2.24, 2.45) is 35.5 Å². The number of nitrogens with one attached hydrogen (secondary N) is 2. The van der Waals surface area contributed by atoms with Crippen LogP contribution in [0.3, 0.4) is 0 Å². The number of likely N-dealkylation sites (N-methyl/N-ethyl adjacent to an activating group) is 2. The molecule has 34 unspecified atom stereocenters. The second-order valence-corrected chi connectivity index (χ2v) is 45.1. The summed E-state index contributed by atoms with van der Waals surface area (Å²) in [5.41, 5.74) is -3.58. The zero-order valence-corrected chi connectivity index (χ0v) is 85.9. The van der Waals surface area contributed by atoms with Crippen molar-refractivity contribution in [1.29, 1.82) is 0 Å². The van der Waals surface area contributed by atoms with Crippen molar-refractivity contribution in [2.45, 2.75) is 407 Å². The Bertz CT molecular complexity index is 3420. The SMILES string of the molecule is CCC[C@@H]1C[C@@H](C(=O)NC(C(C)Cl)C2OC(SC)C(O)C(O)C2O)N(C)C1.CCC[C@@H]1C[C@@H](C(=O)NC(C(C)Cl)C2OC(SC)C(O)C3OC(C)(C)OC32)N(C)C1.CSC1OC(C(C)C)C(O)C(O)C1OC(=O)CC(=O)OC1C(SC)OC(C(C)C)C(O)C1O.CSC1OC(C(C)C)C2OC(C)(C)OC2C1OC(=O)CC(=O)OC1C(SC)OC(C(C)C)C2OC(C)(C)OC12. The Balaban J connectivity index is 0.000000214. The molecule has 0 aromatic heterocycles. The maximum Gasteiger partial charge on any atom is 0.317 e. The van der Waals surface area contributed by atoms with E-state index in [0.29, 0.717) is 11.8 Å². The summed E-state index contributed by atoms with van der Waals surface area (Å²) in [5, 5.41) is 88.1. The minimum absolute atomic E-state index is 0.0289. The number of nitrogens with zero attached hydrogens (tertiary/aromatic N) is 2. The summed E-state index contributed by atoms with van der Waals surface area (Å²) in [7, 11) is 3.94. The maximum atomic E-state index is 13.2. The van der Waals surface area contributed by atoms with Crippen LogP contribution in [0.15, 0.2) is 0 Å². The molecule has 38 atom stereocenters. The van der Waals surface area contributed by atoms with Crippen LogP contribution in [-0.4, -0.2) is 382 Å². The molecule has 0 spiro atoms. The van der Waals surface area contributed by atoms with Crippen molar-refractivity contribution in [2.75, 3.05) is 64.7 Å². The fraction of sp³-hybridized carbons (Fsp3) is 0.931. The van der Waals surface area contributed by atoms with Crippen molar-refractivity contribution >= 4 is 129 Å². The van der Waals surface area contributed by atoms with Crippen LogP contribution in [0.5, 0.6) is 0 Å². The highest BCUT2D eigenvalue weighted by atomic mass is 35.5. The molecule has 34 nitrogen and oxygen atoms in total. The summed E-state index contributed by atoms with van der Waals surface area (Å²) in [4.78, 5) is 81.2. The van der Waals surface area contributed by atoms with Gasteiger partial charge in [0.25, 0.3) is 0 Å². The van der Waals surface area contributed by atoms with E-state index >= 15 is 0 Å². The molecule has 11 saturated heterocycles. The molecule has 11 aliphatic rings. The summed E-state index contributed by atoms with van der Waals surface area (Å²) in [6.45, 7) is 36.2. The molecule has 0 bridgehead atoms. The Labute approximate surface area is 797 Å². The third-order valence-corrected chi connectivity index (χ3v) is 30.8. The zero-order chi connectivity index (χ0) is 96.4. The Morgan fingerprint density at radius 2 is 0.636 bits per heavy atom. The average Bonchev–Trinajstić information content (AvgIpc) is 1.62. The summed E-state index contributed by atoms with van der Waals surface area (Å²) in [5.74, 6) is -4.88. The molecule has 0 aromatic carbocycles.